The molecule has 0 radical (unpaired) electrons. The monoisotopic (exact) mass is 512 g/mol. The number of hydrogen-bond acceptors (Lipinski definition) is 3. The molecule has 5 nitrogen and oxygen atoms in total. The number of halogens is 2. The lowest BCUT2D eigenvalue weighted by Crippen LogP contribution is -2.47. The van der Waals surface area contributed by atoms with Gasteiger partial charge in [-0.15, -0.1) is 0 Å². The summed E-state index contributed by atoms with van der Waals surface area (Å²) in [6.07, 6.45) is -0.904. The van der Waals surface area contributed by atoms with Gasteiger partial charge in [-0.1, -0.05) is 63.9 Å². The SMILES string of the molecule is CN1C(=O)C(NC(=S)Nc2cccc(Br)c2)N=C(c2ccccc2)c2cc(Cl)ccc21. The van der Waals surface area contributed by atoms with E-state index in [0.29, 0.717) is 15.8 Å². The third-order valence-electron chi connectivity index (χ3n) is 4.80. The average molecular weight is 514 g/mol. The number of carbonyl (C=O) groups is 1. The number of carbonyl (C=O) groups excluding carboxylic acids is 1. The number of benzene rings is 3. The van der Waals surface area contributed by atoms with E-state index in [-0.39, 0.29) is 5.91 Å². The second-order valence-corrected chi connectivity index (χ2v) is 8.67. The Balaban J connectivity index is 1.71. The first-order valence-corrected chi connectivity index (χ1v) is 11.0. The maximum Gasteiger partial charge on any atom is 0.272 e. The fraction of sp³-hybridized carbons (Fsp3) is 0.0870. The topological polar surface area (TPSA) is 56.7 Å². The standard InChI is InChI=1S/C23H18BrClN4OS/c1-29-19-11-10-16(25)13-18(19)20(14-6-3-2-4-7-14)27-21(22(29)30)28-23(31)26-17-9-5-8-15(24)12-17/h2-13,21H,1H3,(H2,26,28,31). The smallest absolute Gasteiger partial charge is 0.272 e. The highest BCUT2D eigenvalue weighted by atomic mass is 79.9. The third kappa shape index (κ3) is 4.79. The molecule has 4 rings (SSSR count). The summed E-state index contributed by atoms with van der Waals surface area (Å²) in [7, 11) is 1.72. The first-order chi connectivity index (χ1) is 14.9. The average Bonchev–Trinajstić information content (AvgIpc) is 2.85. The Kier molecular flexibility index (Phi) is 6.36. The predicted molar refractivity (Wildman–Crippen MR) is 134 cm³/mol. The van der Waals surface area contributed by atoms with Crippen molar-refractivity contribution in [2.45, 2.75) is 6.17 Å². The highest BCUT2D eigenvalue weighted by Gasteiger charge is 2.30. The molecule has 0 aliphatic carbocycles. The molecule has 0 bridgehead atoms. The number of anilines is 2. The lowest BCUT2D eigenvalue weighted by molar-refractivity contribution is -0.119. The number of hydrogen-bond donors (Lipinski definition) is 2. The van der Waals surface area contributed by atoms with E-state index in [1.165, 1.54) is 0 Å². The van der Waals surface area contributed by atoms with Crippen LogP contribution in [-0.4, -0.2) is 29.9 Å². The first kappa shape index (κ1) is 21.5. The van der Waals surface area contributed by atoms with E-state index >= 15 is 0 Å². The van der Waals surface area contributed by atoms with Gasteiger partial charge in [0.25, 0.3) is 5.91 Å². The van der Waals surface area contributed by atoms with Gasteiger partial charge < -0.3 is 15.5 Å². The van der Waals surface area contributed by atoms with Gasteiger partial charge >= 0.3 is 0 Å². The molecule has 0 saturated carbocycles. The molecule has 0 saturated heterocycles. The number of aliphatic imine (C=N–C) groups is 1. The van der Waals surface area contributed by atoms with Gasteiger partial charge in [0.2, 0.25) is 6.17 Å². The molecule has 1 aliphatic rings. The Morgan fingerprint density at radius 1 is 1.10 bits per heavy atom. The molecule has 1 heterocycles. The third-order valence-corrected chi connectivity index (χ3v) is 5.74. The van der Waals surface area contributed by atoms with Crippen LogP contribution in [-0.2, 0) is 4.79 Å². The Bertz CT molecular complexity index is 1190. The van der Waals surface area contributed by atoms with Crippen molar-refractivity contribution in [1.29, 1.82) is 0 Å². The molecule has 156 valence electrons. The van der Waals surface area contributed by atoms with Gasteiger partial charge in [-0.2, -0.15) is 0 Å². The molecule has 2 N–H and O–H groups in total. The lowest BCUT2D eigenvalue weighted by atomic mass is 10.0. The zero-order valence-corrected chi connectivity index (χ0v) is 19.6. The van der Waals surface area contributed by atoms with E-state index < -0.39 is 6.17 Å². The number of benzodiazepines with no additional fused rings is 1. The molecule has 1 unspecified atom stereocenters. The van der Waals surface area contributed by atoms with Crippen LogP contribution < -0.4 is 15.5 Å². The summed E-state index contributed by atoms with van der Waals surface area (Å²) in [4.78, 5) is 19.6. The Morgan fingerprint density at radius 3 is 2.61 bits per heavy atom. The molecule has 31 heavy (non-hydrogen) atoms. The van der Waals surface area contributed by atoms with Crippen molar-refractivity contribution in [2.24, 2.45) is 4.99 Å². The minimum absolute atomic E-state index is 0.229. The molecular weight excluding hydrogens is 496 g/mol. The second-order valence-electron chi connectivity index (χ2n) is 6.91. The van der Waals surface area contributed by atoms with E-state index in [1.807, 2.05) is 66.7 Å². The van der Waals surface area contributed by atoms with Crippen molar-refractivity contribution in [3.63, 3.8) is 0 Å². The molecule has 0 spiro atoms. The largest absolute Gasteiger partial charge is 0.333 e. The molecule has 8 heteroatoms. The van der Waals surface area contributed by atoms with Crippen molar-refractivity contribution in [2.75, 3.05) is 17.3 Å². The first-order valence-electron chi connectivity index (χ1n) is 9.46. The summed E-state index contributed by atoms with van der Waals surface area (Å²) < 4.78 is 0.919. The van der Waals surface area contributed by atoms with E-state index in [4.69, 9.17) is 28.8 Å². The number of likely N-dealkylation sites (N-methyl/N-ethyl adjacent to an activating group) is 1. The zero-order chi connectivity index (χ0) is 22.0. The van der Waals surface area contributed by atoms with Crippen LogP contribution in [0.3, 0.4) is 0 Å². The molecule has 1 amide bonds. The van der Waals surface area contributed by atoms with Crippen LogP contribution in [0.4, 0.5) is 11.4 Å². The van der Waals surface area contributed by atoms with Crippen molar-refractivity contribution >= 4 is 67.9 Å². The van der Waals surface area contributed by atoms with Crippen molar-refractivity contribution in [1.82, 2.24) is 5.32 Å². The second kappa shape index (κ2) is 9.18. The van der Waals surface area contributed by atoms with Gasteiger partial charge in [0.15, 0.2) is 5.11 Å². The molecular formula is C23H18BrClN4OS. The molecule has 0 aromatic heterocycles. The van der Waals surface area contributed by atoms with Crippen LogP contribution in [0.15, 0.2) is 82.3 Å². The van der Waals surface area contributed by atoms with Crippen molar-refractivity contribution < 1.29 is 4.79 Å². The van der Waals surface area contributed by atoms with Crippen LogP contribution >= 0.6 is 39.7 Å². The van der Waals surface area contributed by atoms with Crippen LogP contribution in [0.1, 0.15) is 11.1 Å². The molecule has 3 aromatic carbocycles. The van der Waals surface area contributed by atoms with E-state index in [2.05, 4.69) is 26.6 Å². The van der Waals surface area contributed by atoms with Crippen molar-refractivity contribution in [3.8, 4) is 0 Å². The Hall–Kier alpha value is -2.74. The van der Waals surface area contributed by atoms with Gasteiger partial charge in [0.1, 0.15) is 0 Å². The van der Waals surface area contributed by atoms with Gasteiger partial charge in [-0.05, 0) is 48.6 Å². The van der Waals surface area contributed by atoms with Gasteiger partial charge in [0, 0.05) is 33.4 Å². The van der Waals surface area contributed by atoms with Crippen molar-refractivity contribution in [3.05, 3.63) is 93.4 Å². The molecule has 1 aliphatic heterocycles. The number of amides is 1. The minimum atomic E-state index is -0.904. The fourth-order valence-corrected chi connectivity index (χ4v) is 4.12. The number of thiocarbonyl (C=S) groups is 1. The zero-order valence-electron chi connectivity index (χ0n) is 16.5. The van der Waals surface area contributed by atoms with Gasteiger partial charge in [-0.25, -0.2) is 4.99 Å². The van der Waals surface area contributed by atoms with Crippen LogP contribution in [0, 0.1) is 0 Å². The maximum absolute atomic E-state index is 13.2. The highest BCUT2D eigenvalue weighted by Crippen LogP contribution is 2.30. The van der Waals surface area contributed by atoms with E-state index in [0.717, 1.165) is 27.0 Å². The summed E-state index contributed by atoms with van der Waals surface area (Å²) in [5.74, 6) is -0.229. The summed E-state index contributed by atoms with van der Waals surface area (Å²) in [6.45, 7) is 0. The van der Waals surface area contributed by atoms with E-state index in [9.17, 15) is 4.79 Å². The molecule has 3 aromatic rings. The molecule has 0 fully saturated rings. The predicted octanol–water partition coefficient (Wildman–Crippen LogP) is 5.23. The number of fused-ring (bicyclic) bond motifs is 1. The van der Waals surface area contributed by atoms with Crippen LogP contribution in [0.5, 0.6) is 0 Å². The number of nitrogens with one attached hydrogen (secondary N) is 2. The summed E-state index contributed by atoms with van der Waals surface area (Å²) in [5, 5.41) is 7.02. The summed E-state index contributed by atoms with van der Waals surface area (Å²) in [6, 6.07) is 22.7. The highest BCUT2D eigenvalue weighted by molar-refractivity contribution is 9.10. The quantitative estimate of drug-likeness (QED) is 0.471. The van der Waals surface area contributed by atoms with Gasteiger partial charge in [0.05, 0.1) is 11.4 Å². The number of nitrogens with zero attached hydrogens (tertiary/aromatic N) is 2. The number of rotatable bonds is 3. The fourth-order valence-electron chi connectivity index (χ4n) is 3.32. The minimum Gasteiger partial charge on any atom is -0.333 e. The summed E-state index contributed by atoms with van der Waals surface area (Å²) in [5.41, 5.74) is 3.85. The Labute approximate surface area is 199 Å². The van der Waals surface area contributed by atoms with Crippen LogP contribution in [0.2, 0.25) is 5.02 Å². The Morgan fingerprint density at radius 2 is 1.87 bits per heavy atom. The normalized spacial score (nSPS) is 15.6. The molecule has 1 atom stereocenters. The maximum atomic E-state index is 13.2. The van der Waals surface area contributed by atoms with Gasteiger partial charge in [-0.3, -0.25) is 4.79 Å². The van der Waals surface area contributed by atoms with Crippen LogP contribution in [0.25, 0.3) is 0 Å². The summed E-state index contributed by atoms with van der Waals surface area (Å²) >= 11 is 15.2. The lowest BCUT2D eigenvalue weighted by Gasteiger charge is -2.22. The van der Waals surface area contributed by atoms with E-state index in [1.54, 1.807) is 18.0 Å².